The summed E-state index contributed by atoms with van der Waals surface area (Å²) in [4.78, 5) is 10.4. The highest BCUT2D eigenvalue weighted by Gasteiger charge is 2.12. The Hall–Kier alpha value is -0.610. The van der Waals surface area contributed by atoms with Crippen molar-refractivity contribution in [2.75, 3.05) is 13.1 Å². The lowest BCUT2D eigenvalue weighted by Crippen LogP contribution is -2.16. The van der Waals surface area contributed by atoms with Gasteiger partial charge in [0.25, 0.3) is 0 Å². The maximum Gasteiger partial charge on any atom is 0.306 e. The molecule has 0 aromatic heterocycles. The van der Waals surface area contributed by atoms with E-state index in [1.807, 2.05) is 20.8 Å². The Morgan fingerprint density at radius 3 is 1.88 bits per heavy atom. The van der Waals surface area contributed by atoms with Crippen LogP contribution in [-0.4, -0.2) is 34.4 Å². The molecule has 4 nitrogen and oxygen atoms in total. The van der Waals surface area contributed by atoms with Gasteiger partial charge < -0.3 is 10.3 Å². The third kappa shape index (κ3) is 11.5. The maximum atomic E-state index is 10.4. The number of hydroxylamine groups is 2. The molecule has 0 radical (unpaired) electrons. The molecule has 0 saturated carbocycles. The molecule has 1 unspecified atom stereocenters. The molecule has 1 atom stereocenters. The first-order valence-corrected chi connectivity index (χ1v) is 6.19. The van der Waals surface area contributed by atoms with Gasteiger partial charge in [-0.3, -0.25) is 4.79 Å². The molecule has 0 aromatic rings. The summed E-state index contributed by atoms with van der Waals surface area (Å²) >= 11 is 0. The molecule has 0 rings (SSSR count). The monoisotopic (exact) mass is 233 g/mol. The number of hydrogen-bond acceptors (Lipinski definition) is 3. The standard InChI is InChI=1S/C8H16O2.C4H11NO/c1-3-5-6-7(4-2)8(9)10;1-3-5(6)4-2/h7H,3-6H2,1-2H3,(H,9,10);6H,3-4H2,1-2H3. The van der Waals surface area contributed by atoms with Crippen LogP contribution in [0.2, 0.25) is 0 Å². The van der Waals surface area contributed by atoms with Crippen molar-refractivity contribution in [3.05, 3.63) is 0 Å². The Labute approximate surface area is 99.2 Å². The average molecular weight is 233 g/mol. The molecule has 98 valence electrons. The van der Waals surface area contributed by atoms with Gasteiger partial charge in [-0.1, -0.05) is 40.5 Å². The van der Waals surface area contributed by atoms with Gasteiger partial charge in [-0.05, 0) is 12.8 Å². The second-order valence-corrected chi connectivity index (χ2v) is 3.72. The molecule has 0 amide bonds. The lowest BCUT2D eigenvalue weighted by atomic mass is 10.00. The van der Waals surface area contributed by atoms with E-state index >= 15 is 0 Å². The minimum atomic E-state index is -0.643. The van der Waals surface area contributed by atoms with Gasteiger partial charge in [-0.2, -0.15) is 5.06 Å². The van der Waals surface area contributed by atoms with E-state index in [1.54, 1.807) is 0 Å². The summed E-state index contributed by atoms with van der Waals surface area (Å²) in [6, 6.07) is 0. The second kappa shape index (κ2) is 12.5. The van der Waals surface area contributed by atoms with Crippen LogP contribution in [0.15, 0.2) is 0 Å². The minimum absolute atomic E-state index is 0.111. The molecule has 0 heterocycles. The first kappa shape index (κ1) is 17.8. The summed E-state index contributed by atoms with van der Waals surface area (Å²) in [5.41, 5.74) is 0. The van der Waals surface area contributed by atoms with Crippen molar-refractivity contribution >= 4 is 5.97 Å². The first-order valence-electron chi connectivity index (χ1n) is 6.19. The van der Waals surface area contributed by atoms with Crippen molar-refractivity contribution in [3.8, 4) is 0 Å². The number of carboxylic acid groups (broad SMARTS) is 1. The van der Waals surface area contributed by atoms with Crippen molar-refractivity contribution in [1.29, 1.82) is 0 Å². The first-order chi connectivity index (χ1) is 7.53. The fraction of sp³-hybridized carbons (Fsp3) is 0.917. The van der Waals surface area contributed by atoms with Crippen LogP contribution in [0.4, 0.5) is 0 Å². The van der Waals surface area contributed by atoms with Crippen LogP contribution < -0.4 is 0 Å². The topological polar surface area (TPSA) is 60.8 Å². The van der Waals surface area contributed by atoms with Gasteiger partial charge in [-0.25, -0.2) is 0 Å². The van der Waals surface area contributed by atoms with Gasteiger partial charge in [-0.15, -0.1) is 0 Å². The fourth-order valence-corrected chi connectivity index (χ4v) is 1.18. The molecule has 0 aliphatic heterocycles. The van der Waals surface area contributed by atoms with E-state index in [0.717, 1.165) is 38.8 Å². The van der Waals surface area contributed by atoms with E-state index in [2.05, 4.69) is 6.92 Å². The molecule has 0 aliphatic carbocycles. The molecular formula is C12H27NO3. The SMILES string of the molecule is CCCCC(CC)C(=O)O.CCN(O)CC. The van der Waals surface area contributed by atoms with Gasteiger partial charge >= 0.3 is 5.97 Å². The van der Waals surface area contributed by atoms with Crippen molar-refractivity contribution in [3.63, 3.8) is 0 Å². The highest BCUT2D eigenvalue weighted by molar-refractivity contribution is 5.69. The van der Waals surface area contributed by atoms with E-state index < -0.39 is 5.97 Å². The van der Waals surface area contributed by atoms with E-state index in [4.69, 9.17) is 10.3 Å². The number of hydrogen-bond donors (Lipinski definition) is 2. The van der Waals surface area contributed by atoms with Gasteiger partial charge in [0, 0.05) is 13.1 Å². The Morgan fingerprint density at radius 2 is 1.69 bits per heavy atom. The zero-order valence-electron chi connectivity index (χ0n) is 11.1. The molecule has 0 bridgehead atoms. The normalized spacial score (nSPS) is 11.9. The number of rotatable bonds is 7. The van der Waals surface area contributed by atoms with Crippen LogP contribution in [-0.2, 0) is 4.79 Å². The van der Waals surface area contributed by atoms with Gasteiger partial charge in [0.1, 0.15) is 0 Å². The van der Waals surface area contributed by atoms with E-state index in [-0.39, 0.29) is 5.92 Å². The lowest BCUT2D eigenvalue weighted by Gasteiger charge is -2.06. The summed E-state index contributed by atoms with van der Waals surface area (Å²) in [7, 11) is 0. The minimum Gasteiger partial charge on any atom is -0.481 e. The van der Waals surface area contributed by atoms with Crippen molar-refractivity contribution in [2.45, 2.75) is 53.4 Å². The largest absolute Gasteiger partial charge is 0.481 e. The zero-order valence-corrected chi connectivity index (χ0v) is 11.1. The molecular weight excluding hydrogens is 206 g/mol. The predicted octanol–water partition coefficient (Wildman–Crippen LogP) is 3.00. The number of nitrogens with zero attached hydrogens (tertiary/aromatic N) is 1. The molecule has 0 aliphatic rings. The summed E-state index contributed by atoms with van der Waals surface area (Å²) in [5, 5.41) is 18.3. The van der Waals surface area contributed by atoms with Crippen LogP contribution in [0, 0.1) is 5.92 Å². The highest BCUT2D eigenvalue weighted by atomic mass is 16.5. The number of carbonyl (C=O) groups is 1. The van der Waals surface area contributed by atoms with Crippen LogP contribution in [0.1, 0.15) is 53.4 Å². The van der Waals surface area contributed by atoms with Crippen LogP contribution in [0.25, 0.3) is 0 Å². The molecule has 4 heteroatoms. The summed E-state index contributed by atoms with van der Waals surface area (Å²) in [6.07, 6.45) is 3.71. The quantitative estimate of drug-likeness (QED) is 0.664. The van der Waals surface area contributed by atoms with Crippen molar-refractivity contribution in [1.82, 2.24) is 5.06 Å². The molecule has 0 spiro atoms. The van der Waals surface area contributed by atoms with Crippen molar-refractivity contribution in [2.24, 2.45) is 5.92 Å². The van der Waals surface area contributed by atoms with E-state index in [1.165, 1.54) is 5.06 Å². The number of aliphatic carboxylic acids is 1. The third-order valence-electron chi connectivity index (χ3n) is 2.48. The van der Waals surface area contributed by atoms with Gasteiger partial charge in [0.15, 0.2) is 0 Å². The Morgan fingerprint density at radius 1 is 1.19 bits per heavy atom. The Balaban J connectivity index is 0. The Bertz CT molecular complexity index is 158. The van der Waals surface area contributed by atoms with Crippen molar-refractivity contribution < 1.29 is 15.1 Å². The molecule has 16 heavy (non-hydrogen) atoms. The lowest BCUT2D eigenvalue weighted by molar-refractivity contribution is -0.142. The predicted molar refractivity (Wildman–Crippen MR) is 65.6 cm³/mol. The molecule has 0 aromatic carbocycles. The fourth-order valence-electron chi connectivity index (χ4n) is 1.18. The molecule has 0 saturated heterocycles. The van der Waals surface area contributed by atoms with E-state index in [0.29, 0.717) is 0 Å². The molecule has 2 N–H and O–H groups in total. The number of carboxylic acids is 1. The van der Waals surface area contributed by atoms with Crippen LogP contribution in [0.5, 0.6) is 0 Å². The average Bonchev–Trinajstić information content (AvgIpc) is 2.29. The summed E-state index contributed by atoms with van der Waals surface area (Å²) in [6.45, 7) is 9.25. The van der Waals surface area contributed by atoms with Gasteiger partial charge in [0.2, 0.25) is 0 Å². The Kier molecular flexibility index (Phi) is 13.8. The zero-order chi connectivity index (χ0) is 13.0. The van der Waals surface area contributed by atoms with E-state index in [9.17, 15) is 4.79 Å². The second-order valence-electron chi connectivity index (χ2n) is 3.72. The third-order valence-corrected chi connectivity index (χ3v) is 2.48. The highest BCUT2D eigenvalue weighted by Crippen LogP contribution is 2.11. The summed E-state index contributed by atoms with van der Waals surface area (Å²) < 4.78 is 0. The van der Waals surface area contributed by atoms with Crippen LogP contribution in [0.3, 0.4) is 0 Å². The van der Waals surface area contributed by atoms with Gasteiger partial charge in [0.05, 0.1) is 5.92 Å². The smallest absolute Gasteiger partial charge is 0.306 e. The molecule has 0 fully saturated rings. The number of unbranched alkanes of at least 4 members (excludes halogenated alkanes) is 1. The summed E-state index contributed by atoms with van der Waals surface area (Å²) in [5.74, 6) is -0.754. The maximum absolute atomic E-state index is 10.4. The van der Waals surface area contributed by atoms with Crippen LogP contribution >= 0.6 is 0 Å².